The normalized spacial score (nSPS) is 10.6. The third kappa shape index (κ3) is 6.83. The number of aryl methyl sites for hydroxylation is 3. The number of aliphatic hydroxyl groups is 1. The predicted molar refractivity (Wildman–Crippen MR) is 130 cm³/mol. The minimum Gasteiger partial charge on any atom is -0.507 e. The van der Waals surface area contributed by atoms with Crippen LogP contribution in [0.5, 0.6) is 17.2 Å². The topological polar surface area (TPSA) is 108 Å². The summed E-state index contributed by atoms with van der Waals surface area (Å²) in [4.78, 5) is 24.4. The summed E-state index contributed by atoms with van der Waals surface area (Å²) in [6.07, 6.45) is 0.905. The summed E-state index contributed by atoms with van der Waals surface area (Å²) in [5.74, 6) is 0.475. The number of carbonyl (C=O) groups is 2. The van der Waals surface area contributed by atoms with Crippen LogP contribution in [0.15, 0.2) is 60.7 Å². The molecule has 0 heterocycles. The van der Waals surface area contributed by atoms with Gasteiger partial charge in [-0.15, -0.1) is 0 Å². The molecular weight excluding hydrogens is 432 g/mol. The van der Waals surface area contributed by atoms with E-state index in [9.17, 15) is 14.7 Å². The lowest BCUT2D eigenvalue weighted by Gasteiger charge is -2.15. The summed E-state index contributed by atoms with van der Waals surface area (Å²) in [5.41, 5.74) is 3.89. The van der Waals surface area contributed by atoms with Gasteiger partial charge in [-0.1, -0.05) is 42.5 Å². The molecule has 0 aliphatic rings. The number of phenolic OH excluding ortho intramolecular Hbond substituents is 1. The van der Waals surface area contributed by atoms with E-state index in [2.05, 4.69) is 10.6 Å². The molecule has 0 aliphatic carbocycles. The fourth-order valence-electron chi connectivity index (χ4n) is 3.64. The van der Waals surface area contributed by atoms with E-state index in [0.29, 0.717) is 30.9 Å². The van der Waals surface area contributed by atoms with Gasteiger partial charge in [-0.3, -0.25) is 9.59 Å². The van der Waals surface area contributed by atoms with E-state index in [4.69, 9.17) is 9.84 Å². The maximum atomic E-state index is 12.6. The van der Waals surface area contributed by atoms with Crippen LogP contribution < -0.4 is 15.4 Å². The number of carbonyl (C=O) groups excluding carboxylic acids is 2. The lowest BCUT2D eigenvalue weighted by molar-refractivity contribution is -0.121. The zero-order valence-electron chi connectivity index (χ0n) is 19.4. The predicted octanol–water partition coefficient (Wildman–Crippen LogP) is 3.77. The molecule has 0 radical (unpaired) electrons. The minimum atomic E-state index is -0.393. The number of nitrogens with one attached hydrogen (secondary N) is 2. The SMILES string of the molecule is Cc1cc(CCC(=O)NCCO)cc(C)c1Oc1ccc(O)c(C(=O)NCc2ccccc2)c1. The highest BCUT2D eigenvalue weighted by molar-refractivity contribution is 5.97. The molecule has 178 valence electrons. The van der Waals surface area contributed by atoms with E-state index in [1.54, 1.807) is 6.07 Å². The van der Waals surface area contributed by atoms with Gasteiger partial charge in [0, 0.05) is 19.5 Å². The number of rotatable bonds is 10. The third-order valence-corrected chi connectivity index (χ3v) is 5.32. The van der Waals surface area contributed by atoms with Gasteiger partial charge in [0.15, 0.2) is 0 Å². The standard InChI is InChI=1S/C27H30N2O5/c1-18-14-21(8-11-25(32)28-12-13-30)15-19(2)26(18)34-22-9-10-24(31)23(16-22)27(33)29-17-20-6-4-3-5-7-20/h3-7,9-10,14-16,30-31H,8,11-13,17H2,1-2H3,(H,28,32)(H,29,33). The molecule has 0 fully saturated rings. The van der Waals surface area contributed by atoms with Crippen molar-refractivity contribution in [2.45, 2.75) is 33.2 Å². The average molecular weight is 463 g/mol. The third-order valence-electron chi connectivity index (χ3n) is 5.32. The average Bonchev–Trinajstić information content (AvgIpc) is 2.83. The Morgan fingerprint density at radius 1 is 0.912 bits per heavy atom. The largest absolute Gasteiger partial charge is 0.507 e. The van der Waals surface area contributed by atoms with E-state index in [1.165, 1.54) is 12.1 Å². The fraction of sp³-hybridized carbons (Fsp3) is 0.259. The maximum absolute atomic E-state index is 12.6. The zero-order chi connectivity index (χ0) is 24.5. The van der Waals surface area contributed by atoms with Crippen molar-refractivity contribution >= 4 is 11.8 Å². The summed E-state index contributed by atoms with van der Waals surface area (Å²) in [6.45, 7) is 4.37. The van der Waals surface area contributed by atoms with Gasteiger partial charge in [0.2, 0.25) is 5.91 Å². The second-order valence-electron chi connectivity index (χ2n) is 8.08. The minimum absolute atomic E-state index is 0.0797. The number of aliphatic hydroxyl groups excluding tert-OH is 1. The van der Waals surface area contributed by atoms with E-state index in [-0.39, 0.29) is 30.4 Å². The van der Waals surface area contributed by atoms with Gasteiger partial charge in [0.1, 0.15) is 17.2 Å². The molecule has 3 rings (SSSR count). The number of phenols is 1. The van der Waals surface area contributed by atoms with Gasteiger partial charge in [-0.25, -0.2) is 0 Å². The molecule has 0 spiro atoms. The van der Waals surface area contributed by atoms with Gasteiger partial charge >= 0.3 is 0 Å². The Bertz CT molecular complexity index is 1120. The lowest BCUT2D eigenvalue weighted by Crippen LogP contribution is -2.26. The number of benzene rings is 3. The van der Waals surface area contributed by atoms with Crippen molar-refractivity contribution < 1.29 is 24.5 Å². The Labute approximate surface area is 199 Å². The molecule has 0 atom stereocenters. The van der Waals surface area contributed by atoms with Gasteiger partial charge in [-0.2, -0.15) is 0 Å². The summed E-state index contributed by atoms with van der Waals surface area (Å²) in [5, 5.41) is 24.5. The van der Waals surface area contributed by atoms with Crippen LogP contribution in [0, 0.1) is 13.8 Å². The molecule has 0 aliphatic heterocycles. The Morgan fingerprint density at radius 2 is 1.62 bits per heavy atom. The summed E-state index contributed by atoms with van der Waals surface area (Å²) < 4.78 is 6.08. The first-order chi connectivity index (χ1) is 16.4. The maximum Gasteiger partial charge on any atom is 0.255 e. The molecular formula is C27H30N2O5. The van der Waals surface area contributed by atoms with Crippen LogP contribution in [0.2, 0.25) is 0 Å². The smallest absolute Gasteiger partial charge is 0.255 e. The fourth-order valence-corrected chi connectivity index (χ4v) is 3.64. The molecule has 0 aromatic heterocycles. The van der Waals surface area contributed by atoms with Crippen molar-refractivity contribution in [1.29, 1.82) is 0 Å². The Kier molecular flexibility index (Phi) is 8.65. The molecule has 4 N–H and O–H groups in total. The number of amides is 2. The van der Waals surface area contributed by atoms with Crippen molar-refractivity contribution in [2.24, 2.45) is 0 Å². The molecule has 0 saturated heterocycles. The van der Waals surface area contributed by atoms with Crippen LogP contribution in [-0.2, 0) is 17.8 Å². The lowest BCUT2D eigenvalue weighted by atomic mass is 10.0. The Hall–Kier alpha value is -3.84. The highest BCUT2D eigenvalue weighted by Gasteiger charge is 2.15. The molecule has 0 unspecified atom stereocenters. The second kappa shape index (κ2) is 11.9. The second-order valence-corrected chi connectivity index (χ2v) is 8.08. The van der Waals surface area contributed by atoms with Crippen molar-refractivity contribution in [2.75, 3.05) is 13.2 Å². The molecule has 3 aromatic rings. The van der Waals surface area contributed by atoms with Crippen molar-refractivity contribution in [1.82, 2.24) is 10.6 Å². The quantitative estimate of drug-likeness (QED) is 0.367. The van der Waals surface area contributed by atoms with Crippen LogP contribution in [0.4, 0.5) is 0 Å². The van der Waals surface area contributed by atoms with Crippen LogP contribution >= 0.6 is 0 Å². The molecule has 0 bridgehead atoms. The number of hydrogen-bond donors (Lipinski definition) is 4. The molecule has 0 saturated carbocycles. The van der Waals surface area contributed by atoms with Crippen molar-refractivity contribution in [3.8, 4) is 17.2 Å². The molecule has 7 nitrogen and oxygen atoms in total. The van der Waals surface area contributed by atoms with Crippen LogP contribution in [0.1, 0.15) is 39.0 Å². The molecule has 3 aromatic carbocycles. The number of hydrogen-bond acceptors (Lipinski definition) is 5. The van der Waals surface area contributed by atoms with Crippen LogP contribution in [0.3, 0.4) is 0 Å². The van der Waals surface area contributed by atoms with E-state index in [1.807, 2.05) is 56.3 Å². The zero-order valence-corrected chi connectivity index (χ0v) is 19.4. The van der Waals surface area contributed by atoms with Gasteiger partial charge in [0.05, 0.1) is 12.2 Å². The van der Waals surface area contributed by atoms with Crippen LogP contribution in [-0.4, -0.2) is 35.2 Å². The van der Waals surface area contributed by atoms with Crippen molar-refractivity contribution in [3.63, 3.8) is 0 Å². The van der Waals surface area contributed by atoms with Crippen LogP contribution in [0.25, 0.3) is 0 Å². The first-order valence-electron chi connectivity index (χ1n) is 11.2. The van der Waals surface area contributed by atoms with Crippen molar-refractivity contribution in [3.05, 3.63) is 88.5 Å². The van der Waals surface area contributed by atoms with Gasteiger partial charge < -0.3 is 25.6 Å². The first-order valence-corrected chi connectivity index (χ1v) is 11.2. The molecule has 34 heavy (non-hydrogen) atoms. The number of aromatic hydroxyl groups is 1. The van der Waals surface area contributed by atoms with Gasteiger partial charge in [0.25, 0.3) is 5.91 Å². The summed E-state index contributed by atoms with van der Waals surface area (Å²) in [6, 6.07) is 18.0. The molecule has 7 heteroatoms. The monoisotopic (exact) mass is 462 g/mol. The highest BCUT2D eigenvalue weighted by Crippen LogP contribution is 2.32. The van der Waals surface area contributed by atoms with E-state index in [0.717, 1.165) is 22.3 Å². The van der Waals surface area contributed by atoms with E-state index < -0.39 is 5.91 Å². The summed E-state index contributed by atoms with van der Waals surface area (Å²) >= 11 is 0. The van der Waals surface area contributed by atoms with Gasteiger partial charge in [-0.05, 0) is 60.7 Å². The van der Waals surface area contributed by atoms with E-state index >= 15 is 0 Å². The first kappa shape index (κ1) is 24.8. The highest BCUT2D eigenvalue weighted by atomic mass is 16.5. The number of ether oxygens (including phenoxy) is 1. The molecule has 2 amide bonds. The Morgan fingerprint density at radius 3 is 2.29 bits per heavy atom. The summed E-state index contributed by atoms with van der Waals surface area (Å²) in [7, 11) is 0. The Balaban J connectivity index is 1.69.